The molecule has 1 amide bonds. The molecule has 1 saturated heterocycles. The van der Waals surface area contributed by atoms with Gasteiger partial charge in [-0.15, -0.1) is 0 Å². The fourth-order valence-corrected chi connectivity index (χ4v) is 4.70. The molecule has 2 aliphatic rings. The summed E-state index contributed by atoms with van der Waals surface area (Å²) in [6.07, 6.45) is 4.44. The molecule has 2 aliphatic heterocycles. The standard InChI is InChI=1S/C23H25ClN4O3/c1-30-13-22(29)28-4-2-14-6-15(16-8-18-20(24)10-27-23(18)26-9-16)7-17(19(14)11-28)21-12-31-5-3-25-21/h6-10,21,25H,2-5,11-13H2,1H3,(H,26,27)/t21-/m0/s1. The summed E-state index contributed by atoms with van der Waals surface area (Å²) in [7, 11) is 1.55. The molecule has 2 aromatic heterocycles. The van der Waals surface area contributed by atoms with Crippen LogP contribution in [-0.2, 0) is 27.2 Å². The Morgan fingerprint density at radius 1 is 1.35 bits per heavy atom. The van der Waals surface area contributed by atoms with Crippen LogP contribution in [0.25, 0.3) is 22.2 Å². The zero-order valence-electron chi connectivity index (χ0n) is 17.4. The van der Waals surface area contributed by atoms with Gasteiger partial charge in [-0.2, -0.15) is 0 Å². The Hall–Kier alpha value is -2.45. The van der Waals surface area contributed by atoms with E-state index in [1.165, 1.54) is 16.7 Å². The van der Waals surface area contributed by atoms with Gasteiger partial charge in [-0.3, -0.25) is 4.79 Å². The Bertz CT molecular complexity index is 1120. The van der Waals surface area contributed by atoms with Crippen LogP contribution < -0.4 is 5.32 Å². The molecule has 7 nitrogen and oxygen atoms in total. The zero-order chi connectivity index (χ0) is 21.4. The third-order valence-electron chi connectivity index (χ3n) is 6.11. The van der Waals surface area contributed by atoms with Crippen LogP contribution in [0.15, 0.2) is 30.6 Å². The van der Waals surface area contributed by atoms with Gasteiger partial charge in [0.25, 0.3) is 0 Å². The summed E-state index contributed by atoms with van der Waals surface area (Å²) in [6.45, 7) is 3.52. The van der Waals surface area contributed by atoms with Gasteiger partial charge in [-0.25, -0.2) is 4.98 Å². The minimum Gasteiger partial charge on any atom is -0.378 e. The molecular formula is C23H25ClN4O3. The highest BCUT2D eigenvalue weighted by Gasteiger charge is 2.27. The lowest BCUT2D eigenvalue weighted by Gasteiger charge is -2.34. The number of morpholine rings is 1. The lowest BCUT2D eigenvalue weighted by atomic mass is 9.87. The van der Waals surface area contributed by atoms with Crippen molar-refractivity contribution in [2.45, 2.75) is 19.0 Å². The minimum atomic E-state index is 0.0211. The van der Waals surface area contributed by atoms with E-state index in [0.29, 0.717) is 31.3 Å². The predicted octanol–water partition coefficient (Wildman–Crippen LogP) is 3.08. The number of methoxy groups -OCH3 is 1. The van der Waals surface area contributed by atoms with E-state index in [1.807, 2.05) is 11.1 Å². The molecule has 0 unspecified atom stereocenters. The fraction of sp³-hybridized carbons (Fsp3) is 0.391. The number of H-pyrrole nitrogens is 1. The number of aromatic amines is 1. The topological polar surface area (TPSA) is 79.5 Å². The molecule has 2 N–H and O–H groups in total. The summed E-state index contributed by atoms with van der Waals surface area (Å²) in [5.41, 5.74) is 6.55. The van der Waals surface area contributed by atoms with Gasteiger partial charge >= 0.3 is 0 Å². The van der Waals surface area contributed by atoms with E-state index in [-0.39, 0.29) is 18.6 Å². The van der Waals surface area contributed by atoms with Crippen molar-refractivity contribution in [1.82, 2.24) is 20.2 Å². The average molecular weight is 441 g/mol. The molecule has 1 aromatic carbocycles. The lowest BCUT2D eigenvalue weighted by Crippen LogP contribution is -2.40. The Morgan fingerprint density at radius 3 is 3.06 bits per heavy atom. The molecule has 8 heteroatoms. The first-order valence-electron chi connectivity index (χ1n) is 10.5. The second-order valence-corrected chi connectivity index (χ2v) is 8.45. The van der Waals surface area contributed by atoms with Crippen LogP contribution in [0, 0.1) is 0 Å². The van der Waals surface area contributed by atoms with E-state index in [1.54, 1.807) is 13.3 Å². The first kappa shape index (κ1) is 20.5. The minimum absolute atomic E-state index is 0.0211. The highest BCUT2D eigenvalue weighted by Crippen LogP contribution is 2.35. The second-order valence-electron chi connectivity index (χ2n) is 8.04. The predicted molar refractivity (Wildman–Crippen MR) is 119 cm³/mol. The molecule has 0 saturated carbocycles. The highest BCUT2D eigenvalue weighted by molar-refractivity contribution is 6.35. The summed E-state index contributed by atoms with van der Waals surface area (Å²) in [6, 6.07) is 6.60. The van der Waals surface area contributed by atoms with Crippen LogP contribution in [-0.4, -0.2) is 60.8 Å². The highest BCUT2D eigenvalue weighted by atomic mass is 35.5. The molecule has 31 heavy (non-hydrogen) atoms. The van der Waals surface area contributed by atoms with E-state index in [0.717, 1.165) is 35.1 Å². The maximum Gasteiger partial charge on any atom is 0.248 e. The van der Waals surface area contributed by atoms with Crippen LogP contribution in [0.3, 0.4) is 0 Å². The molecule has 0 spiro atoms. The summed E-state index contributed by atoms with van der Waals surface area (Å²) >= 11 is 6.33. The van der Waals surface area contributed by atoms with Gasteiger partial charge < -0.3 is 24.7 Å². The van der Waals surface area contributed by atoms with Crippen molar-refractivity contribution in [2.75, 3.05) is 40.0 Å². The smallest absolute Gasteiger partial charge is 0.248 e. The lowest BCUT2D eigenvalue weighted by molar-refractivity contribution is -0.136. The number of nitrogens with zero attached hydrogens (tertiary/aromatic N) is 2. The number of halogens is 1. The number of amides is 1. The van der Waals surface area contributed by atoms with Crippen molar-refractivity contribution in [3.63, 3.8) is 0 Å². The van der Waals surface area contributed by atoms with Crippen LogP contribution in [0.2, 0.25) is 5.02 Å². The van der Waals surface area contributed by atoms with Crippen molar-refractivity contribution < 1.29 is 14.3 Å². The molecule has 1 fully saturated rings. The molecule has 0 bridgehead atoms. The number of hydrogen-bond acceptors (Lipinski definition) is 5. The quantitative estimate of drug-likeness (QED) is 0.651. The van der Waals surface area contributed by atoms with Crippen molar-refractivity contribution >= 4 is 28.5 Å². The number of fused-ring (bicyclic) bond motifs is 2. The summed E-state index contributed by atoms with van der Waals surface area (Å²) in [4.78, 5) is 22.0. The third-order valence-corrected chi connectivity index (χ3v) is 6.42. The van der Waals surface area contributed by atoms with E-state index in [4.69, 9.17) is 21.1 Å². The van der Waals surface area contributed by atoms with E-state index < -0.39 is 0 Å². The van der Waals surface area contributed by atoms with E-state index in [2.05, 4.69) is 33.5 Å². The van der Waals surface area contributed by atoms with Gasteiger partial charge in [-0.05, 0) is 40.8 Å². The monoisotopic (exact) mass is 440 g/mol. The van der Waals surface area contributed by atoms with Crippen molar-refractivity contribution in [3.8, 4) is 11.1 Å². The fourth-order valence-electron chi connectivity index (χ4n) is 4.50. The normalized spacial score (nSPS) is 18.9. The molecule has 3 aromatic rings. The van der Waals surface area contributed by atoms with Crippen molar-refractivity contribution in [2.24, 2.45) is 0 Å². The molecular weight excluding hydrogens is 416 g/mol. The zero-order valence-corrected chi connectivity index (χ0v) is 18.2. The van der Waals surface area contributed by atoms with Gasteiger partial charge in [-0.1, -0.05) is 17.7 Å². The molecule has 0 radical (unpaired) electrons. The Balaban J connectivity index is 1.57. The maximum absolute atomic E-state index is 12.5. The summed E-state index contributed by atoms with van der Waals surface area (Å²) in [5.74, 6) is 0.0211. The van der Waals surface area contributed by atoms with Gasteiger partial charge in [0.1, 0.15) is 12.3 Å². The summed E-state index contributed by atoms with van der Waals surface area (Å²) < 4.78 is 10.8. The number of nitrogens with one attached hydrogen (secondary N) is 2. The number of hydrogen-bond donors (Lipinski definition) is 2. The molecule has 162 valence electrons. The number of benzene rings is 1. The molecule has 1 atom stereocenters. The SMILES string of the molecule is COCC(=O)N1CCc2cc(-c3cnc4[nH]cc(Cl)c4c3)cc([C@@H]3COCCN3)c2C1. The number of aromatic nitrogens is 2. The Morgan fingerprint density at radius 2 is 2.26 bits per heavy atom. The first-order valence-corrected chi connectivity index (χ1v) is 10.9. The maximum atomic E-state index is 12.5. The van der Waals surface area contributed by atoms with Crippen LogP contribution >= 0.6 is 11.6 Å². The van der Waals surface area contributed by atoms with Crippen molar-refractivity contribution in [3.05, 3.63) is 52.3 Å². The van der Waals surface area contributed by atoms with Gasteiger partial charge in [0.2, 0.25) is 5.91 Å². The van der Waals surface area contributed by atoms with Gasteiger partial charge in [0.15, 0.2) is 0 Å². The van der Waals surface area contributed by atoms with Gasteiger partial charge in [0.05, 0.1) is 24.3 Å². The van der Waals surface area contributed by atoms with E-state index >= 15 is 0 Å². The first-order chi connectivity index (χ1) is 15.1. The van der Waals surface area contributed by atoms with Crippen LogP contribution in [0.1, 0.15) is 22.7 Å². The number of carbonyl (C=O) groups excluding carboxylic acids is 1. The summed E-state index contributed by atoms with van der Waals surface area (Å²) in [5, 5.41) is 5.15. The third kappa shape index (κ3) is 3.94. The van der Waals surface area contributed by atoms with Crippen molar-refractivity contribution in [1.29, 1.82) is 0 Å². The van der Waals surface area contributed by atoms with Crippen LogP contribution in [0.5, 0.6) is 0 Å². The number of carbonyl (C=O) groups is 1. The second kappa shape index (κ2) is 8.59. The Labute approximate surface area is 185 Å². The average Bonchev–Trinajstić information content (AvgIpc) is 3.18. The van der Waals surface area contributed by atoms with E-state index in [9.17, 15) is 4.79 Å². The Kier molecular flexibility index (Phi) is 5.67. The number of ether oxygens (including phenoxy) is 2. The van der Waals surface area contributed by atoms with Crippen LogP contribution in [0.4, 0.5) is 0 Å². The largest absolute Gasteiger partial charge is 0.378 e. The number of pyridine rings is 1. The molecule has 0 aliphatic carbocycles. The number of rotatable bonds is 4. The molecule has 5 rings (SSSR count). The molecule has 4 heterocycles. The van der Waals surface area contributed by atoms with Gasteiger partial charge in [0, 0.05) is 50.1 Å².